The second-order valence-electron chi connectivity index (χ2n) is 8.21. The van der Waals surface area contributed by atoms with Gasteiger partial charge in [0.2, 0.25) is 0 Å². The van der Waals surface area contributed by atoms with Gasteiger partial charge in [0, 0.05) is 11.1 Å². The van der Waals surface area contributed by atoms with Gasteiger partial charge in [0.25, 0.3) is 5.91 Å². The molecule has 0 saturated heterocycles. The zero-order valence-electron chi connectivity index (χ0n) is 16.8. The molecule has 2 aromatic rings. The minimum atomic E-state index is -4.76. The molecule has 12 heteroatoms. The second-order valence-corrected chi connectivity index (χ2v) is 8.62. The minimum absolute atomic E-state index is 0.0193. The molecule has 0 spiro atoms. The van der Waals surface area contributed by atoms with E-state index in [-0.39, 0.29) is 27.5 Å². The van der Waals surface area contributed by atoms with Gasteiger partial charge in [0.1, 0.15) is 17.6 Å². The van der Waals surface area contributed by atoms with Crippen LogP contribution in [0.4, 0.5) is 22.4 Å². The predicted octanol–water partition coefficient (Wildman–Crippen LogP) is 3.70. The first kappa shape index (κ1) is 22.9. The van der Waals surface area contributed by atoms with Crippen molar-refractivity contribution in [3.05, 3.63) is 40.3 Å². The number of urea groups is 1. The molecule has 168 valence electrons. The predicted molar refractivity (Wildman–Crippen MR) is 105 cm³/mol. The number of alkyl halides is 3. The lowest BCUT2D eigenvalue weighted by Crippen LogP contribution is -2.55. The van der Waals surface area contributed by atoms with Crippen molar-refractivity contribution in [2.75, 3.05) is 0 Å². The van der Waals surface area contributed by atoms with Gasteiger partial charge in [-0.25, -0.2) is 9.18 Å². The van der Waals surface area contributed by atoms with Crippen LogP contribution < -0.4 is 11.1 Å². The van der Waals surface area contributed by atoms with Gasteiger partial charge < -0.3 is 16.0 Å². The number of hydrogen-bond acceptors (Lipinski definition) is 3. The average Bonchev–Trinajstić information content (AvgIpc) is 2.99. The van der Waals surface area contributed by atoms with Gasteiger partial charge in [-0.3, -0.25) is 9.48 Å². The summed E-state index contributed by atoms with van der Waals surface area (Å²) in [6.45, 7) is 3.86. The Balaban J connectivity index is 2.20. The van der Waals surface area contributed by atoms with Crippen molar-refractivity contribution in [2.24, 2.45) is 5.73 Å². The lowest BCUT2D eigenvalue weighted by Gasteiger charge is -2.36. The first-order valence-corrected chi connectivity index (χ1v) is 9.57. The summed E-state index contributed by atoms with van der Waals surface area (Å²) in [5.41, 5.74) is 4.82. The number of amides is 3. The Morgan fingerprint density at radius 2 is 1.90 bits per heavy atom. The Morgan fingerprint density at radius 3 is 2.42 bits per heavy atom. The largest absolute Gasteiger partial charge is 0.410 e. The van der Waals surface area contributed by atoms with Crippen molar-refractivity contribution in [1.29, 1.82) is 0 Å². The van der Waals surface area contributed by atoms with Crippen LogP contribution in [0.3, 0.4) is 0 Å². The molecule has 7 nitrogen and oxygen atoms in total. The molecule has 1 aliphatic heterocycles. The molecule has 1 atom stereocenters. The highest BCUT2D eigenvalue weighted by Gasteiger charge is 2.49. The molecule has 0 bridgehead atoms. The van der Waals surface area contributed by atoms with Crippen molar-refractivity contribution >= 4 is 23.5 Å². The lowest BCUT2D eigenvalue weighted by molar-refractivity contribution is -0.184. The molecule has 1 aliphatic rings. The quantitative estimate of drug-likeness (QED) is 0.668. The Morgan fingerprint density at radius 1 is 1.26 bits per heavy atom. The highest BCUT2D eigenvalue weighted by atomic mass is 35.5. The number of nitrogens with one attached hydrogen (secondary N) is 1. The van der Waals surface area contributed by atoms with E-state index in [2.05, 4.69) is 10.4 Å². The van der Waals surface area contributed by atoms with Crippen LogP contribution in [-0.2, 0) is 13.1 Å². The van der Waals surface area contributed by atoms with E-state index < -0.39 is 48.6 Å². The highest BCUT2D eigenvalue weighted by Crippen LogP contribution is 2.35. The third-order valence-corrected chi connectivity index (χ3v) is 4.96. The molecular formula is C19H20ClF4N5O2. The molecule has 31 heavy (non-hydrogen) atoms. The van der Waals surface area contributed by atoms with Crippen LogP contribution in [0.25, 0.3) is 11.3 Å². The summed E-state index contributed by atoms with van der Waals surface area (Å²) >= 11 is 5.85. The molecule has 3 rings (SSSR count). The van der Waals surface area contributed by atoms with Crippen molar-refractivity contribution in [2.45, 2.75) is 51.6 Å². The van der Waals surface area contributed by atoms with Crippen molar-refractivity contribution in [3.63, 3.8) is 0 Å². The number of carbonyl (C=O) groups excluding carboxylic acids is 2. The van der Waals surface area contributed by atoms with E-state index in [1.807, 2.05) is 0 Å². The maximum absolute atomic E-state index is 13.6. The van der Waals surface area contributed by atoms with Gasteiger partial charge in [-0.2, -0.15) is 18.3 Å². The summed E-state index contributed by atoms with van der Waals surface area (Å²) in [4.78, 5) is 25.3. The van der Waals surface area contributed by atoms with Crippen LogP contribution in [-0.4, -0.2) is 44.4 Å². The minimum Gasteiger partial charge on any atom is -0.351 e. The van der Waals surface area contributed by atoms with Gasteiger partial charge in [0.05, 0.1) is 29.4 Å². The zero-order valence-corrected chi connectivity index (χ0v) is 17.6. The summed E-state index contributed by atoms with van der Waals surface area (Å²) in [6, 6.07) is 0.127. The number of hydrogen-bond donors (Lipinski definition) is 2. The van der Waals surface area contributed by atoms with Gasteiger partial charge in [-0.1, -0.05) is 11.6 Å². The monoisotopic (exact) mass is 461 g/mol. The van der Waals surface area contributed by atoms with E-state index in [1.165, 1.54) is 12.1 Å². The van der Waals surface area contributed by atoms with Crippen LogP contribution in [0, 0.1) is 5.82 Å². The fraction of sp³-hybridized carbons (Fsp3) is 0.421. The number of aromatic nitrogens is 2. The summed E-state index contributed by atoms with van der Waals surface area (Å²) in [5, 5.41) is 6.70. The Bertz CT molecular complexity index is 1050. The molecule has 3 amide bonds. The number of benzene rings is 1. The van der Waals surface area contributed by atoms with E-state index in [9.17, 15) is 27.2 Å². The summed E-state index contributed by atoms with van der Waals surface area (Å²) in [7, 11) is 0. The van der Waals surface area contributed by atoms with E-state index in [0.29, 0.717) is 4.90 Å². The van der Waals surface area contributed by atoms with Gasteiger partial charge >= 0.3 is 12.2 Å². The Hall–Kier alpha value is -2.82. The fourth-order valence-corrected chi connectivity index (χ4v) is 3.52. The molecular weight excluding hydrogens is 442 g/mol. The van der Waals surface area contributed by atoms with Gasteiger partial charge in [-0.05, 0) is 39.0 Å². The van der Waals surface area contributed by atoms with E-state index in [4.69, 9.17) is 17.3 Å². The SMILES string of the molecule is CC(C)(C)NC(=O)c1c(-c2ccc(F)c(Cl)c2)nn2c1CN(C(N)=O)C(C(F)(F)F)C2. The van der Waals surface area contributed by atoms with Crippen LogP contribution >= 0.6 is 11.6 Å². The van der Waals surface area contributed by atoms with Crippen molar-refractivity contribution in [1.82, 2.24) is 20.0 Å². The molecule has 1 aromatic carbocycles. The van der Waals surface area contributed by atoms with E-state index >= 15 is 0 Å². The maximum Gasteiger partial charge on any atom is 0.410 e. The molecule has 3 N–H and O–H groups in total. The highest BCUT2D eigenvalue weighted by molar-refractivity contribution is 6.31. The van der Waals surface area contributed by atoms with Crippen LogP contribution in [0.1, 0.15) is 36.8 Å². The Kier molecular flexibility index (Phi) is 5.68. The van der Waals surface area contributed by atoms with Crippen LogP contribution in [0.5, 0.6) is 0 Å². The molecule has 0 radical (unpaired) electrons. The van der Waals surface area contributed by atoms with Gasteiger partial charge in [-0.15, -0.1) is 0 Å². The normalized spacial score (nSPS) is 16.8. The van der Waals surface area contributed by atoms with Crippen molar-refractivity contribution < 1.29 is 27.2 Å². The second kappa shape index (κ2) is 7.70. The summed E-state index contributed by atoms with van der Waals surface area (Å²) in [6.07, 6.45) is -4.76. The number of carbonyl (C=O) groups is 2. The van der Waals surface area contributed by atoms with E-state index in [0.717, 1.165) is 10.7 Å². The topological polar surface area (TPSA) is 93.2 Å². The van der Waals surface area contributed by atoms with E-state index in [1.54, 1.807) is 20.8 Å². The van der Waals surface area contributed by atoms with Gasteiger partial charge in [0.15, 0.2) is 0 Å². The number of nitrogens with two attached hydrogens (primary N) is 1. The molecule has 1 aromatic heterocycles. The summed E-state index contributed by atoms with van der Waals surface area (Å²) in [5.74, 6) is -1.31. The number of nitrogens with zero attached hydrogens (tertiary/aromatic N) is 3. The number of rotatable bonds is 2. The zero-order chi connectivity index (χ0) is 23.3. The third-order valence-electron chi connectivity index (χ3n) is 4.67. The number of halogens is 5. The standard InChI is InChI=1S/C19H20ClF4N5O2/c1-18(2,3)26-16(30)14-12-7-28(17(25)31)13(19(22,23)24)8-29(12)27-15(14)9-4-5-11(21)10(20)6-9/h4-6,13H,7-8H2,1-3H3,(H2,25,31)(H,26,30). The van der Waals surface area contributed by atoms with Crippen LogP contribution in [0.15, 0.2) is 18.2 Å². The first-order chi connectivity index (χ1) is 14.2. The molecule has 0 saturated carbocycles. The first-order valence-electron chi connectivity index (χ1n) is 9.19. The maximum atomic E-state index is 13.6. The molecule has 0 aliphatic carbocycles. The smallest absolute Gasteiger partial charge is 0.351 e. The lowest BCUT2D eigenvalue weighted by atomic mass is 10.0. The molecule has 1 unspecified atom stereocenters. The number of primary amides is 1. The Labute approximate surface area is 180 Å². The fourth-order valence-electron chi connectivity index (χ4n) is 3.34. The van der Waals surface area contributed by atoms with Crippen LogP contribution in [0.2, 0.25) is 5.02 Å². The molecule has 2 heterocycles. The van der Waals surface area contributed by atoms with Crippen molar-refractivity contribution in [3.8, 4) is 11.3 Å². The summed E-state index contributed by atoms with van der Waals surface area (Å²) < 4.78 is 55.2. The average molecular weight is 462 g/mol. The number of fused-ring (bicyclic) bond motifs is 1. The third kappa shape index (κ3) is 4.60. The molecule has 0 fully saturated rings.